The summed E-state index contributed by atoms with van der Waals surface area (Å²) in [5, 5.41) is 12.5. The van der Waals surface area contributed by atoms with Crippen LogP contribution in [0.5, 0.6) is 0 Å². The summed E-state index contributed by atoms with van der Waals surface area (Å²) in [6.45, 7) is 1.49. The first kappa shape index (κ1) is 15.1. The lowest BCUT2D eigenvalue weighted by Crippen LogP contribution is -2.48. The van der Waals surface area contributed by atoms with Crippen LogP contribution in [-0.2, 0) is 9.59 Å². The molecule has 5 nitrogen and oxygen atoms in total. The number of rotatable bonds is 4. The smallest absolute Gasteiger partial charge is 0.307 e. The molecule has 2 N–H and O–H groups in total. The number of carboxylic acid groups (broad SMARTS) is 1. The second-order valence-electron chi connectivity index (χ2n) is 7.12. The van der Waals surface area contributed by atoms with Gasteiger partial charge in [-0.2, -0.15) is 0 Å². The summed E-state index contributed by atoms with van der Waals surface area (Å²) in [5.74, 6) is -1.39. The monoisotopic (exact) mass is 325 g/mol. The van der Waals surface area contributed by atoms with Crippen molar-refractivity contribution in [3.05, 3.63) is 42.0 Å². The van der Waals surface area contributed by atoms with E-state index >= 15 is 0 Å². The number of nitrogens with one attached hydrogen (secondary N) is 1. The van der Waals surface area contributed by atoms with Crippen LogP contribution in [0.25, 0.3) is 0 Å². The number of fused-ring (bicyclic) bond motifs is 1. The van der Waals surface area contributed by atoms with E-state index in [1.54, 1.807) is 24.3 Å². The number of aliphatic carboxylic acids is 1. The van der Waals surface area contributed by atoms with Gasteiger partial charge in [0.1, 0.15) is 0 Å². The van der Waals surface area contributed by atoms with Gasteiger partial charge in [0, 0.05) is 11.3 Å². The van der Waals surface area contributed by atoms with Crippen molar-refractivity contribution in [2.45, 2.75) is 13.3 Å². The second kappa shape index (κ2) is 5.30. The third-order valence-electron chi connectivity index (χ3n) is 5.80. The fraction of sp³-hybridized carbons (Fsp3) is 0.421. The lowest BCUT2D eigenvalue weighted by Gasteiger charge is -2.41. The van der Waals surface area contributed by atoms with E-state index in [1.165, 1.54) is 6.92 Å². The van der Waals surface area contributed by atoms with Gasteiger partial charge in [-0.05, 0) is 61.3 Å². The molecule has 5 heteroatoms. The highest BCUT2D eigenvalue weighted by Gasteiger charge is 2.62. The van der Waals surface area contributed by atoms with Crippen LogP contribution in [0.3, 0.4) is 0 Å². The van der Waals surface area contributed by atoms with Crippen LogP contribution in [0, 0.1) is 35.5 Å². The number of anilines is 1. The van der Waals surface area contributed by atoms with Crippen LogP contribution in [0.15, 0.2) is 36.4 Å². The van der Waals surface area contributed by atoms with Crippen molar-refractivity contribution >= 4 is 23.3 Å². The predicted octanol–water partition coefficient (Wildman–Crippen LogP) is 2.60. The van der Waals surface area contributed by atoms with Gasteiger partial charge in [-0.25, -0.2) is 0 Å². The first-order valence-electron chi connectivity index (χ1n) is 8.30. The molecule has 0 spiro atoms. The lowest BCUT2D eigenvalue weighted by atomic mass is 9.62. The molecule has 0 saturated heterocycles. The Morgan fingerprint density at radius 2 is 1.58 bits per heavy atom. The Balaban J connectivity index is 1.56. The quantitative estimate of drug-likeness (QED) is 0.658. The Bertz CT molecular complexity index is 751. The summed E-state index contributed by atoms with van der Waals surface area (Å²) in [5.41, 5.74) is 1.17. The first-order valence-corrected chi connectivity index (χ1v) is 8.30. The molecule has 0 aliphatic heterocycles. The lowest BCUT2D eigenvalue weighted by molar-refractivity contribution is -0.152. The maximum absolute atomic E-state index is 12.8. The van der Waals surface area contributed by atoms with Crippen molar-refractivity contribution in [3.63, 3.8) is 0 Å². The largest absolute Gasteiger partial charge is 0.481 e. The van der Waals surface area contributed by atoms with Gasteiger partial charge in [0.25, 0.3) is 0 Å². The number of carboxylic acids is 1. The Kier molecular flexibility index (Phi) is 3.34. The minimum Gasteiger partial charge on any atom is -0.481 e. The van der Waals surface area contributed by atoms with E-state index in [0.29, 0.717) is 23.1 Å². The number of amides is 1. The number of carbonyl (C=O) groups is 3. The van der Waals surface area contributed by atoms with Crippen LogP contribution in [0.1, 0.15) is 23.7 Å². The summed E-state index contributed by atoms with van der Waals surface area (Å²) in [6, 6.07) is 6.69. The zero-order valence-electron chi connectivity index (χ0n) is 13.3. The van der Waals surface area contributed by atoms with E-state index in [1.807, 2.05) is 12.2 Å². The number of benzene rings is 1. The Hall–Kier alpha value is -2.43. The number of Topliss-reactive ketones (excluding diaryl/α,β-unsaturated/α-hetero) is 1. The van der Waals surface area contributed by atoms with Gasteiger partial charge in [-0.3, -0.25) is 14.4 Å². The molecular weight excluding hydrogens is 306 g/mol. The SMILES string of the molecule is CC(=O)c1ccc(NC(=O)[C@@H]2[C@H]3C=C[C@@H]([C@@H]4C[C@H]34)[C@@H]2C(=O)O)cc1. The number of hydrogen-bond acceptors (Lipinski definition) is 3. The van der Waals surface area contributed by atoms with Crippen molar-refractivity contribution in [2.75, 3.05) is 5.32 Å². The third kappa shape index (κ3) is 2.27. The highest BCUT2D eigenvalue weighted by molar-refractivity contribution is 5.97. The topological polar surface area (TPSA) is 83.5 Å². The van der Waals surface area contributed by atoms with Gasteiger partial charge in [-0.1, -0.05) is 12.2 Å². The zero-order chi connectivity index (χ0) is 17.0. The van der Waals surface area contributed by atoms with Gasteiger partial charge in [0.15, 0.2) is 5.78 Å². The minimum absolute atomic E-state index is 0.0201. The minimum atomic E-state index is -0.883. The maximum atomic E-state index is 12.8. The standard InChI is InChI=1S/C19H19NO4/c1-9(21)10-2-4-11(5-3-10)20-18(22)16-12-6-7-13(15-8-14(12)15)17(16)19(23)24/h2-7,12-17H,8H2,1H3,(H,20,22)(H,23,24)/t12-,13-,14+,15-,16+,17-/m0/s1. The van der Waals surface area contributed by atoms with Gasteiger partial charge >= 0.3 is 5.97 Å². The Morgan fingerprint density at radius 3 is 2.12 bits per heavy atom. The van der Waals surface area contributed by atoms with Crippen molar-refractivity contribution in [1.82, 2.24) is 0 Å². The van der Waals surface area contributed by atoms with E-state index in [0.717, 1.165) is 6.42 Å². The molecule has 1 aromatic rings. The molecule has 1 aromatic carbocycles. The fourth-order valence-corrected chi connectivity index (χ4v) is 4.58. The van der Waals surface area contributed by atoms with Gasteiger partial charge in [0.2, 0.25) is 5.91 Å². The molecule has 0 radical (unpaired) electrons. The molecule has 0 heterocycles. The van der Waals surface area contributed by atoms with Gasteiger partial charge < -0.3 is 10.4 Å². The van der Waals surface area contributed by atoms with Crippen LogP contribution in [-0.4, -0.2) is 22.8 Å². The summed E-state index contributed by atoms with van der Waals surface area (Å²) >= 11 is 0. The van der Waals surface area contributed by atoms with Crippen molar-refractivity contribution in [3.8, 4) is 0 Å². The molecule has 2 saturated carbocycles. The molecule has 4 aliphatic rings. The average molecular weight is 325 g/mol. The molecule has 4 aliphatic carbocycles. The van der Waals surface area contributed by atoms with E-state index < -0.39 is 17.8 Å². The molecule has 5 rings (SSSR count). The average Bonchev–Trinajstić information content (AvgIpc) is 3.36. The van der Waals surface area contributed by atoms with E-state index in [9.17, 15) is 19.5 Å². The molecule has 2 fully saturated rings. The first-order chi connectivity index (χ1) is 11.5. The van der Waals surface area contributed by atoms with Crippen LogP contribution < -0.4 is 5.32 Å². The van der Waals surface area contributed by atoms with E-state index in [4.69, 9.17) is 0 Å². The molecule has 2 bridgehead atoms. The van der Waals surface area contributed by atoms with E-state index in [2.05, 4.69) is 5.32 Å². The number of hydrogen-bond donors (Lipinski definition) is 2. The highest BCUT2D eigenvalue weighted by Crippen LogP contribution is 2.63. The molecule has 0 aromatic heterocycles. The number of ketones is 1. The highest BCUT2D eigenvalue weighted by atomic mass is 16.4. The molecule has 0 unspecified atom stereocenters. The van der Waals surface area contributed by atoms with Crippen molar-refractivity contribution < 1.29 is 19.5 Å². The Labute approximate surface area is 139 Å². The van der Waals surface area contributed by atoms with Crippen molar-refractivity contribution in [2.24, 2.45) is 35.5 Å². The third-order valence-corrected chi connectivity index (χ3v) is 5.80. The predicted molar refractivity (Wildman–Crippen MR) is 87.4 cm³/mol. The molecule has 24 heavy (non-hydrogen) atoms. The molecular formula is C19H19NO4. The number of carbonyl (C=O) groups excluding carboxylic acids is 2. The molecule has 124 valence electrons. The van der Waals surface area contributed by atoms with E-state index in [-0.39, 0.29) is 23.5 Å². The number of allylic oxidation sites excluding steroid dienone is 2. The summed E-state index contributed by atoms with van der Waals surface area (Å²) in [6.07, 6.45) is 5.08. The normalized spacial score (nSPS) is 35.2. The molecule has 1 amide bonds. The second-order valence-corrected chi connectivity index (χ2v) is 7.12. The van der Waals surface area contributed by atoms with Crippen LogP contribution in [0.2, 0.25) is 0 Å². The van der Waals surface area contributed by atoms with Crippen molar-refractivity contribution in [1.29, 1.82) is 0 Å². The van der Waals surface area contributed by atoms with Gasteiger partial charge in [0.05, 0.1) is 11.8 Å². The Morgan fingerprint density at radius 1 is 1.00 bits per heavy atom. The fourth-order valence-electron chi connectivity index (χ4n) is 4.58. The summed E-state index contributed by atoms with van der Waals surface area (Å²) in [4.78, 5) is 35.8. The van der Waals surface area contributed by atoms with Crippen LogP contribution in [0.4, 0.5) is 5.69 Å². The summed E-state index contributed by atoms with van der Waals surface area (Å²) < 4.78 is 0. The van der Waals surface area contributed by atoms with Gasteiger partial charge in [-0.15, -0.1) is 0 Å². The summed E-state index contributed by atoms with van der Waals surface area (Å²) in [7, 11) is 0. The maximum Gasteiger partial charge on any atom is 0.307 e. The molecule has 6 atom stereocenters. The zero-order valence-corrected chi connectivity index (χ0v) is 13.3. The van der Waals surface area contributed by atoms with Crippen LogP contribution >= 0.6 is 0 Å².